The standard InChI is InChI=1S/C16H27N3O3S/c1-14-5-7-15(8-6-14)13-16(20)17-9-10-19(23(4,21)22)12-11-18(2)3/h5-8H,9-13H2,1-4H3,(H,17,20). The van der Waals surface area contributed by atoms with Gasteiger partial charge in [0.1, 0.15) is 0 Å². The number of likely N-dealkylation sites (N-methyl/N-ethyl adjacent to an activating group) is 1. The van der Waals surface area contributed by atoms with Gasteiger partial charge >= 0.3 is 0 Å². The average Bonchev–Trinajstić information content (AvgIpc) is 2.43. The highest BCUT2D eigenvalue weighted by molar-refractivity contribution is 7.88. The zero-order chi connectivity index (χ0) is 17.5. The maximum atomic E-state index is 11.9. The third-order valence-corrected chi connectivity index (χ3v) is 4.74. The highest BCUT2D eigenvalue weighted by Gasteiger charge is 2.16. The molecule has 0 atom stereocenters. The van der Waals surface area contributed by atoms with Crippen LogP contribution in [-0.2, 0) is 21.2 Å². The number of hydrogen-bond donors (Lipinski definition) is 1. The van der Waals surface area contributed by atoms with Crippen molar-refractivity contribution in [2.75, 3.05) is 46.5 Å². The SMILES string of the molecule is Cc1ccc(CC(=O)NCCN(CCN(C)C)S(C)(=O)=O)cc1. The Kier molecular flexibility index (Phi) is 7.67. The van der Waals surface area contributed by atoms with E-state index in [4.69, 9.17) is 0 Å². The van der Waals surface area contributed by atoms with Gasteiger partial charge in [-0.15, -0.1) is 0 Å². The minimum absolute atomic E-state index is 0.102. The van der Waals surface area contributed by atoms with Crippen molar-refractivity contribution in [3.63, 3.8) is 0 Å². The summed E-state index contributed by atoms with van der Waals surface area (Å²) in [6.45, 7) is 3.65. The Labute approximate surface area is 139 Å². The number of carbonyl (C=O) groups excluding carboxylic acids is 1. The smallest absolute Gasteiger partial charge is 0.224 e. The number of nitrogens with zero attached hydrogens (tertiary/aromatic N) is 2. The van der Waals surface area contributed by atoms with Crippen LogP contribution in [0.3, 0.4) is 0 Å². The van der Waals surface area contributed by atoms with E-state index in [0.717, 1.165) is 11.1 Å². The van der Waals surface area contributed by atoms with Crippen LogP contribution < -0.4 is 5.32 Å². The Balaban J connectivity index is 2.42. The molecule has 7 heteroatoms. The van der Waals surface area contributed by atoms with E-state index in [1.54, 1.807) is 0 Å². The van der Waals surface area contributed by atoms with Crippen molar-refractivity contribution in [2.45, 2.75) is 13.3 Å². The third kappa shape index (κ3) is 8.11. The molecule has 0 saturated heterocycles. The lowest BCUT2D eigenvalue weighted by atomic mass is 10.1. The first-order valence-electron chi connectivity index (χ1n) is 7.60. The molecule has 0 aliphatic rings. The zero-order valence-corrected chi connectivity index (χ0v) is 15.2. The normalized spacial score (nSPS) is 11.9. The van der Waals surface area contributed by atoms with E-state index in [2.05, 4.69) is 5.32 Å². The zero-order valence-electron chi connectivity index (χ0n) is 14.4. The van der Waals surface area contributed by atoms with Gasteiger partial charge in [-0.05, 0) is 26.6 Å². The predicted molar refractivity (Wildman–Crippen MR) is 92.9 cm³/mol. The quantitative estimate of drug-likeness (QED) is 0.709. The minimum atomic E-state index is -3.27. The van der Waals surface area contributed by atoms with Crippen molar-refractivity contribution in [3.05, 3.63) is 35.4 Å². The number of hydrogen-bond acceptors (Lipinski definition) is 4. The molecule has 1 N–H and O–H groups in total. The number of amides is 1. The lowest BCUT2D eigenvalue weighted by Gasteiger charge is -2.22. The monoisotopic (exact) mass is 341 g/mol. The Morgan fingerprint density at radius 3 is 2.22 bits per heavy atom. The summed E-state index contributed by atoms with van der Waals surface area (Å²) >= 11 is 0. The summed E-state index contributed by atoms with van der Waals surface area (Å²) < 4.78 is 24.9. The van der Waals surface area contributed by atoms with E-state index in [9.17, 15) is 13.2 Å². The molecule has 6 nitrogen and oxygen atoms in total. The second kappa shape index (κ2) is 9.00. The summed E-state index contributed by atoms with van der Waals surface area (Å²) in [7, 11) is 0.519. The van der Waals surface area contributed by atoms with Gasteiger partial charge in [0.15, 0.2) is 0 Å². The van der Waals surface area contributed by atoms with Crippen molar-refractivity contribution in [1.29, 1.82) is 0 Å². The van der Waals surface area contributed by atoms with E-state index >= 15 is 0 Å². The first-order chi connectivity index (χ1) is 10.7. The Morgan fingerprint density at radius 2 is 1.70 bits per heavy atom. The molecule has 0 heterocycles. The van der Waals surface area contributed by atoms with Gasteiger partial charge in [-0.25, -0.2) is 8.42 Å². The summed E-state index contributed by atoms with van der Waals surface area (Å²) in [5.74, 6) is -0.102. The first kappa shape index (κ1) is 19.6. The summed E-state index contributed by atoms with van der Waals surface area (Å²) in [6, 6.07) is 7.79. The van der Waals surface area contributed by atoms with Crippen LogP contribution >= 0.6 is 0 Å². The number of nitrogens with one attached hydrogen (secondary N) is 1. The maximum Gasteiger partial charge on any atom is 0.224 e. The Bertz CT molecular complexity index is 598. The lowest BCUT2D eigenvalue weighted by Crippen LogP contribution is -2.41. The van der Waals surface area contributed by atoms with E-state index in [1.807, 2.05) is 50.2 Å². The van der Waals surface area contributed by atoms with Crippen LogP contribution in [0.25, 0.3) is 0 Å². The minimum Gasteiger partial charge on any atom is -0.354 e. The molecule has 1 amide bonds. The van der Waals surface area contributed by atoms with Gasteiger partial charge < -0.3 is 10.2 Å². The highest BCUT2D eigenvalue weighted by Crippen LogP contribution is 2.03. The maximum absolute atomic E-state index is 11.9. The molecule has 1 aromatic rings. The van der Waals surface area contributed by atoms with E-state index in [0.29, 0.717) is 26.1 Å². The molecule has 0 unspecified atom stereocenters. The van der Waals surface area contributed by atoms with E-state index in [-0.39, 0.29) is 12.5 Å². The third-order valence-electron chi connectivity index (χ3n) is 3.43. The van der Waals surface area contributed by atoms with Crippen LogP contribution in [0.2, 0.25) is 0 Å². The number of carbonyl (C=O) groups is 1. The Hall–Kier alpha value is -1.44. The van der Waals surface area contributed by atoms with Crippen LogP contribution in [0, 0.1) is 6.92 Å². The topological polar surface area (TPSA) is 69.7 Å². The largest absolute Gasteiger partial charge is 0.354 e. The molecule has 130 valence electrons. The van der Waals surface area contributed by atoms with Gasteiger partial charge in [0.25, 0.3) is 0 Å². The van der Waals surface area contributed by atoms with Crippen molar-refractivity contribution in [2.24, 2.45) is 0 Å². The first-order valence-corrected chi connectivity index (χ1v) is 9.45. The number of aryl methyl sites for hydroxylation is 1. The van der Waals surface area contributed by atoms with Crippen LogP contribution in [0.1, 0.15) is 11.1 Å². The summed E-state index contributed by atoms with van der Waals surface area (Å²) in [5.41, 5.74) is 2.10. The summed E-state index contributed by atoms with van der Waals surface area (Å²) in [5, 5.41) is 2.78. The van der Waals surface area contributed by atoms with Gasteiger partial charge in [-0.2, -0.15) is 4.31 Å². The van der Waals surface area contributed by atoms with Gasteiger partial charge in [-0.1, -0.05) is 29.8 Å². The van der Waals surface area contributed by atoms with Crippen LogP contribution in [-0.4, -0.2) is 70.1 Å². The lowest BCUT2D eigenvalue weighted by molar-refractivity contribution is -0.120. The molecule has 0 aliphatic heterocycles. The summed E-state index contributed by atoms with van der Waals surface area (Å²) in [6.07, 6.45) is 1.49. The van der Waals surface area contributed by atoms with Crippen molar-refractivity contribution < 1.29 is 13.2 Å². The van der Waals surface area contributed by atoms with Gasteiger partial charge in [0.05, 0.1) is 12.7 Å². The summed E-state index contributed by atoms with van der Waals surface area (Å²) in [4.78, 5) is 13.8. The van der Waals surface area contributed by atoms with Gasteiger partial charge in [-0.3, -0.25) is 4.79 Å². The van der Waals surface area contributed by atoms with Crippen molar-refractivity contribution in [3.8, 4) is 0 Å². The molecule has 23 heavy (non-hydrogen) atoms. The van der Waals surface area contributed by atoms with Gasteiger partial charge in [0.2, 0.25) is 15.9 Å². The fraction of sp³-hybridized carbons (Fsp3) is 0.562. The molecule has 0 fully saturated rings. The molecule has 0 spiro atoms. The number of sulfonamides is 1. The van der Waals surface area contributed by atoms with Crippen molar-refractivity contribution >= 4 is 15.9 Å². The predicted octanol–water partition coefficient (Wildman–Crippen LogP) is 0.477. The van der Waals surface area contributed by atoms with E-state index < -0.39 is 10.0 Å². The molecular weight excluding hydrogens is 314 g/mol. The highest BCUT2D eigenvalue weighted by atomic mass is 32.2. The molecule has 0 saturated carbocycles. The van der Waals surface area contributed by atoms with Crippen molar-refractivity contribution in [1.82, 2.24) is 14.5 Å². The number of benzene rings is 1. The molecule has 1 rings (SSSR count). The molecule has 0 radical (unpaired) electrons. The number of rotatable bonds is 9. The molecule has 0 bridgehead atoms. The average molecular weight is 341 g/mol. The molecule has 1 aromatic carbocycles. The van der Waals surface area contributed by atoms with Crippen LogP contribution in [0.15, 0.2) is 24.3 Å². The fourth-order valence-electron chi connectivity index (χ4n) is 2.03. The Morgan fingerprint density at radius 1 is 1.09 bits per heavy atom. The van der Waals surface area contributed by atoms with Crippen LogP contribution in [0.5, 0.6) is 0 Å². The second-order valence-electron chi connectivity index (χ2n) is 5.98. The van der Waals surface area contributed by atoms with Crippen LogP contribution in [0.4, 0.5) is 0 Å². The van der Waals surface area contributed by atoms with E-state index in [1.165, 1.54) is 10.6 Å². The molecule has 0 aromatic heterocycles. The molecular formula is C16H27N3O3S. The second-order valence-corrected chi connectivity index (χ2v) is 7.96. The van der Waals surface area contributed by atoms with Gasteiger partial charge in [0, 0.05) is 26.2 Å². The molecule has 0 aliphatic carbocycles. The fourth-order valence-corrected chi connectivity index (χ4v) is 2.87.